The van der Waals surface area contributed by atoms with Crippen LogP contribution in [0.4, 0.5) is 0 Å². The summed E-state index contributed by atoms with van der Waals surface area (Å²) < 4.78 is 5.15. The number of methoxy groups -OCH3 is 1. The standard InChI is InChI=1S/C16H20N2OS/c1-11-8-12(2)18-16(9-11)20-10-15(17)13-4-6-14(19-3)7-5-13/h4-9,15H,10,17H2,1-3H3. The summed E-state index contributed by atoms with van der Waals surface area (Å²) in [6, 6.07) is 12.1. The lowest BCUT2D eigenvalue weighted by molar-refractivity contribution is 0.414. The Hall–Kier alpha value is -1.52. The van der Waals surface area contributed by atoms with Gasteiger partial charge >= 0.3 is 0 Å². The van der Waals surface area contributed by atoms with Gasteiger partial charge in [0.15, 0.2) is 0 Å². The lowest BCUT2D eigenvalue weighted by atomic mass is 10.1. The summed E-state index contributed by atoms with van der Waals surface area (Å²) >= 11 is 1.69. The molecular formula is C16H20N2OS. The van der Waals surface area contributed by atoms with E-state index < -0.39 is 0 Å². The quantitative estimate of drug-likeness (QED) is 0.855. The fourth-order valence-electron chi connectivity index (χ4n) is 2.00. The maximum atomic E-state index is 6.22. The maximum absolute atomic E-state index is 6.22. The Morgan fingerprint density at radius 3 is 2.50 bits per heavy atom. The van der Waals surface area contributed by atoms with Crippen LogP contribution >= 0.6 is 11.8 Å². The third-order valence-electron chi connectivity index (χ3n) is 3.03. The summed E-state index contributed by atoms with van der Waals surface area (Å²) in [5, 5.41) is 1.03. The molecule has 4 heteroatoms. The first-order valence-electron chi connectivity index (χ1n) is 6.56. The summed E-state index contributed by atoms with van der Waals surface area (Å²) in [6.45, 7) is 4.10. The number of benzene rings is 1. The molecule has 0 radical (unpaired) electrons. The minimum atomic E-state index is -0.00600. The zero-order chi connectivity index (χ0) is 14.5. The average molecular weight is 288 g/mol. The Kier molecular flexibility index (Phi) is 5.04. The van der Waals surface area contributed by atoms with Crippen molar-refractivity contribution in [2.24, 2.45) is 5.73 Å². The van der Waals surface area contributed by atoms with Crippen LogP contribution in [0.15, 0.2) is 41.4 Å². The van der Waals surface area contributed by atoms with Crippen molar-refractivity contribution in [3.8, 4) is 5.75 Å². The number of nitrogens with two attached hydrogens (primary N) is 1. The monoisotopic (exact) mass is 288 g/mol. The Labute approximate surface area is 124 Å². The van der Waals surface area contributed by atoms with Crippen LogP contribution in [0.5, 0.6) is 5.75 Å². The molecule has 1 heterocycles. The average Bonchev–Trinajstić information content (AvgIpc) is 2.44. The van der Waals surface area contributed by atoms with E-state index in [4.69, 9.17) is 10.5 Å². The second-order valence-electron chi connectivity index (χ2n) is 4.81. The van der Waals surface area contributed by atoms with E-state index in [-0.39, 0.29) is 6.04 Å². The fraction of sp³-hybridized carbons (Fsp3) is 0.312. The highest BCUT2D eigenvalue weighted by Crippen LogP contribution is 2.24. The molecule has 0 saturated carbocycles. The predicted molar refractivity (Wildman–Crippen MR) is 84.4 cm³/mol. The third kappa shape index (κ3) is 3.99. The molecule has 0 aliphatic heterocycles. The molecule has 2 aromatic rings. The van der Waals surface area contributed by atoms with Gasteiger partial charge in [0, 0.05) is 17.5 Å². The van der Waals surface area contributed by atoms with Crippen molar-refractivity contribution in [1.29, 1.82) is 0 Å². The highest BCUT2D eigenvalue weighted by Gasteiger charge is 2.08. The largest absolute Gasteiger partial charge is 0.497 e. The van der Waals surface area contributed by atoms with Gasteiger partial charge in [-0.3, -0.25) is 0 Å². The van der Waals surface area contributed by atoms with E-state index in [1.807, 2.05) is 31.2 Å². The molecule has 1 aromatic heterocycles. The lowest BCUT2D eigenvalue weighted by Crippen LogP contribution is -2.13. The van der Waals surface area contributed by atoms with Gasteiger partial charge in [0.25, 0.3) is 0 Å². The van der Waals surface area contributed by atoms with Crippen molar-refractivity contribution in [1.82, 2.24) is 4.98 Å². The van der Waals surface area contributed by atoms with Crippen LogP contribution in [0.25, 0.3) is 0 Å². The number of rotatable bonds is 5. The zero-order valence-electron chi connectivity index (χ0n) is 12.1. The van der Waals surface area contributed by atoms with Crippen molar-refractivity contribution in [3.05, 3.63) is 53.2 Å². The zero-order valence-corrected chi connectivity index (χ0v) is 12.9. The number of thioether (sulfide) groups is 1. The number of pyridine rings is 1. The maximum Gasteiger partial charge on any atom is 0.118 e. The van der Waals surface area contributed by atoms with E-state index in [1.165, 1.54) is 5.56 Å². The molecule has 1 atom stereocenters. The highest BCUT2D eigenvalue weighted by molar-refractivity contribution is 7.99. The number of nitrogens with zero attached hydrogens (tertiary/aromatic N) is 1. The summed E-state index contributed by atoms with van der Waals surface area (Å²) in [7, 11) is 1.66. The van der Waals surface area contributed by atoms with Crippen molar-refractivity contribution in [2.75, 3.05) is 12.9 Å². The van der Waals surface area contributed by atoms with Gasteiger partial charge in [-0.05, 0) is 49.2 Å². The van der Waals surface area contributed by atoms with Crippen LogP contribution in [0.2, 0.25) is 0 Å². The van der Waals surface area contributed by atoms with Crippen molar-refractivity contribution < 1.29 is 4.74 Å². The SMILES string of the molecule is COc1ccc(C(N)CSc2cc(C)cc(C)n2)cc1. The smallest absolute Gasteiger partial charge is 0.118 e. The van der Waals surface area contributed by atoms with E-state index in [1.54, 1.807) is 18.9 Å². The number of aryl methyl sites for hydroxylation is 2. The van der Waals surface area contributed by atoms with E-state index in [9.17, 15) is 0 Å². The first-order chi connectivity index (χ1) is 9.58. The molecule has 1 aromatic carbocycles. The number of hydrogen-bond acceptors (Lipinski definition) is 4. The Balaban J connectivity index is 1.98. The van der Waals surface area contributed by atoms with Crippen LogP contribution in [0.3, 0.4) is 0 Å². The van der Waals surface area contributed by atoms with E-state index in [0.29, 0.717) is 0 Å². The van der Waals surface area contributed by atoms with Crippen LogP contribution in [-0.2, 0) is 0 Å². The summed E-state index contributed by atoms with van der Waals surface area (Å²) in [5.74, 6) is 1.66. The number of hydrogen-bond donors (Lipinski definition) is 1. The Morgan fingerprint density at radius 2 is 1.90 bits per heavy atom. The fourth-order valence-corrected chi connectivity index (χ4v) is 3.02. The van der Waals surface area contributed by atoms with E-state index in [0.717, 1.165) is 27.8 Å². The number of aromatic nitrogens is 1. The highest BCUT2D eigenvalue weighted by atomic mass is 32.2. The molecule has 3 nitrogen and oxygen atoms in total. The molecule has 20 heavy (non-hydrogen) atoms. The van der Waals surface area contributed by atoms with Gasteiger partial charge < -0.3 is 10.5 Å². The molecule has 0 amide bonds. The van der Waals surface area contributed by atoms with Crippen molar-refractivity contribution in [3.63, 3.8) is 0 Å². The van der Waals surface area contributed by atoms with Crippen molar-refractivity contribution >= 4 is 11.8 Å². The minimum absolute atomic E-state index is 0.00600. The van der Waals surface area contributed by atoms with Crippen LogP contribution in [0, 0.1) is 13.8 Å². The van der Waals surface area contributed by atoms with E-state index in [2.05, 4.69) is 24.0 Å². The summed E-state index contributed by atoms with van der Waals surface area (Å²) in [6.07, 6.45) is 0. The molecule has 0 aliphatic rings. The van der Waals surface area contributed by atoms with Crippen LogP contribution < -0.4 is 10.5 Å². The molecule has 0 saturated heterocycles. The molecule has 2 rings (SSSR count). The Morgan fingerprint density at radius 1 is 1.20 bits per heavy atom. The molecule has 0 bridgehead atoms. The predicted octanol–water partition coefficient (Wildman–Crippen LogP) is 3.50. The summed E-state index contributed by atoms with van der Waals surface area (Å²) in [4.78, 5) is 4.51. The van der Waals surface area contributed by atoms with E-state index >= 15 is 0 Å². The molecule has 0 spiro atoms. The van der Waals surface area contributed by atoms with Gasteiger partial charge in [0.1, 0.15) is 5.75 Å². The van der Waals surface area contributed by atoms with Gasteiger partial charge in [0.2, 0.25) is 0 Å². The lowest BCUT2D eigenvalue weighted by Gasteiger charge is -2.12. The topological polar surface area (TPSA) is 48.1 Å². The van der Waals surface area contributed by atoms with Crippen LogP contribution in [-0.4, -0.2) is 17.8 Å². The first kappa shape index (κ1) is 14.9. The summed E-state index contributed by atoms with van der Waals surface area (Å²) in [5.41, 5.74) is 9.62. The normalized spacial score (nSPS) is 12.2. The molecule has 0 aliphatic carbocycles. The Bertz CT molecular complexity index is 549. The molecule has 1 unspecified atom stereocenters. The number of ether oxygens (including phenoxy) is 1. The van der Waals surface area contributed by atoms with Gasteiger partial charge in [-0.25, -0.2) is 4.98 Å². The second kappa shape index (κ2) is 6.77. The molecule has 0 fully saturated rings. The van der Waals surface area contributed by atoms with Gasteiger partial charge in [0.05, 0.1) is 12.1 Å². The second-order valence-corrected chi connectivity index (χ2v) is 5.86. The van der Waals surface area contributed by atoms with Crippen molar-refractivity contribution in [2.45, 2.75) is 24.9 Å². The van der Waals surface area contributed by atoms with Gasteiger partial charge in [-0.15, -0.1) is 11.8 Å². The molecule has 106 valence electrons. The first-order valence-corrected chi connectivity index (χ1v) is 7.54. The van der Waals surface area contributed by atoms with Gasteiger partial charge in [-0.2, -0.15) is 0 Å². The molecule has 2 N–H and O–H groups in total. The third-order valence-corrected chi connectivity index (χ3v) is 4.06. The van der Waals surface area contributed by atoms with Crippen LogP contribution in [0.1, 0.15) is 22.9 Å². The minimum Gasteiger partial charge on any atom is -0.497 e. The van der Waals surface area contributed by atoms with Gasteiger partial charge in [-0.1, -0.05) is 12.1 Å². The molecular weight excluding hydrogens is 268 g/mol.